The number of carbonyl (C=O) groups is 4. The van der Waals surface area contributed by atoms with Gasteiger partial charge in [-0.2, -0.15) is 0 Å². The monoisotopic (exact) mass is 532 g/mol. The molecule has 0 bridgehead atoms. The minimum atomic E-state index is -0.473. The van der Waals surface area contributed by atoms with Gasteiger partial charge in [-0.05, 0) is 101 Å². The summed E-state index contributed by atoms with van der Waals surface area (Å²) in [6.07, 6.45) is 14.5. The lowest BCUT2D eigenvalue weighted by Crippen LogP contribution is -2.37. The third-order valence-electron chi connectivity index (χ3n) is 8.46. The lowest BCUT2D eigenvalue weighted by Gasteiger charge is -2.45. The molecule has 8 nitrogen and oxygen atoms in total. The zero-order chi connectivity index (χ0) is 27.3. The van der Waals surface area contributed by atoms with Crippen LogP contribution in [-0.4, -0.2) is 49.3 Å². The zero-order valence-corrected chi connectivity index (χ0v) is 22.6. The van der Waals surface area contributed by atoms with Crippen molar-refractivity contribution in [2.24, 2.45) is 23.7 Å². The van der Waals surface area contributed by atoms with Gasteiger partial charge in [0.15, 0.2) is 0 Å². The van der Waals surface area contributed by atoms with Crippen molar-refractivity contribution in [2.75, 3.05) is 13.2 Å². The molecular formula is C30H44O8. The summed E-state index contributed by atoms with van der Waals surface area (Å²) >= 11 is 0. The van der Waals surface area contributed by atoms with E-state index in [0.29, 0.717) is 30.6 Å². The van der Waals surface area contributed by atoms with E-state index in [1.54, 1.807) is 0 Å². The highest BCUT2D eigenvalue weighted by Crippen LogP contribution is 2.48. The Kier molecular flexibility index (Phi) is 12.4. The number of carbonyl (C=O) groups excluding carboxylic acids is 4. The van der Waals surface area contributed by atoms with E-state index in [2.05, 4.69) is 13.2 Å². The maximum atomic E-state index is 12.2. The molecule has 8 heteroatoms. The van der Waals surface area contributed by atoms with E-state index in [9.17, 15) is 19.2 Å². The van der Waals surface area contributed by atoms with Crippen molar-refractivity contribution in [1.29, 1.82) is 0 Å². The quantitative estimate of drug-likeness (QED) is 0.137. The van der Waals surface area contributed by atoms with Crippen LogP contribution in [0.4, 0.5) is 0 Å². The maximum Gasteiger partial charge on any atom is 0.330 e. The lowest BCUT2D eigenvalue weighted by atomic mass is 9.62. The summed E-state index contributed by atoms with van der Waals surface area (Å²) in [5, 5.41) is 0. The molecule has 4 unspecified atom stereocenters. The molecule has 0 saturated heterocycles. The molecule has 3 aliphatic rings. The van der Waals surface area contributed by atoms with Crippen LogP contribution in [0.3, 0.4) is 0 Å². The molecule has 3 fully saturated rings. The Morgan fingerprint density at radius 1 is 0.579 bits per heavy atom. The highest BCUT2D eigenvalue weighted by molar-refractivity contribution is 5.81. The molecule has 0 aromatic carbocycles. The summed E-state index contributed by atoms with van der Waals surface area (Å²) in [5.74, 6) is 1.44. The minimum absolute atomic E-state index is 0.00461. The van der Waals surface area contributed by atoms with Gasteiger partial charge in [-0.1, -0.05) is 13.2 Å². The molecule has 0 N–H and O–H groups in total. The summed E-state index contributed by atoms with van der Waals surface area (Å²) in [6.45, 7) is 7.10. The third-order valence-corrected chi connectivity index (χ3v) is 8.46. The van der Waals surface area contributed by atoms with Gasteiger partial charge >= 0.3 is 23.9 Å². The molecule has 0 heterocycles. The first-order valence-corrected chi connectivity index (χ1v) is 14.3. The van der Waals surface area contributed by atoms with Gasteiger partial charge in [0.25, 0.3) is 0 Å². The van der Waals surface area contributed by atoms with Crippen LogP contribution >= 0.6 is 0 Å². The minimum Gasteiger partial charge on any atom is -0.463 e. The van der Waals surface area contributed by atoms with Crippen molar-refractivity contribution in [2.45, 2.75) is 102 Å². The zero-order valence-electron chi connectivity index (χ0n) is 22.6. The summed E-state index contributed by atoms with van der Waals surface area (Å²) in [5.41, 5.74) is 0. The first-order valence-electron chi connectivity index (χ1n) is 14.3. The summed E-state index contributed by atoms with van der Waals surface area (Å²) in [4.78, 5) is 46.4. The van der Waals surface area contributed by atoms with Crippen molar-refractivity contribution in [3.63, 3.8) is 0 Å². The lowest BCUT2D eigenvalue weighted by molar-refractivity contribution is -0.154. The molecule has 4 atom stereocenters. The Hall–Kier alpha value is -2.64. The average molecular weight is 533 g/mol. The second-order valence-electron chi connectivity index (χ2n) is 11.0. The van der Waals surface area contributed by atoms with Crippen molar-refractivity contribution in [1.82, 2.24) is 0 Å². The standard InChI is InChI=1S/C30H44O8/c1-3-27(31)35-17-5-7-29(33)37-25-14-11-21(12-15-25)22-9-10-24-20-26(16-13-23(24)19-22)38-30(34)8-6-18-36-28(32)4-2/h3-4,21-26H,1-2,5-20H2. The first-order chi connectivity index (χ1) is 18.4. The number of fused-ring (bicyclic) bond motifs is 1. The van der Waals surface area contributed by atoms with Crippen LogP contribution < -0.4 is 0 Å². The van der Waals surface area contributed by atoms with E-state index >= 15 is 0 Å². The number of esters is 4. The van der Waals surface area contributed by atoms with E-state index < -0.39 is 11.9 Å². The third kappa shape index (κ3) is 9.91. The predicted molar refractivity (Wildman–Crippen MR) is 141 cm³/mol. The topological polar surface area (TPSA) is 105 Å². The highest BCUT2D eigenvalue weighted by Gasteiger charge is 2.40. The molecule has 0 spiro atoms. The van der Waals surface area contributed by atoms with Gasteiger partial charge in [0, 0.05) is 25.0 Å². The molecule has 3 aliphatic carbocycles. The predicted octanol–water partition coefficient (Wildman–Crippen LogP) is 5.24. The van der Waals surface area contributed by atoms with Crippen LogP contribution in [0.15, 0.2) is 25.3 Å². The van der Waals surface area contributed by atoms with Crippen LogP contribution in [0.1, 0.15) is 89.9 Å². The van der Waals surface area contributed by atoms with Gasteiger partial charge in [-0.15, -0.1) is 0 Å². The Labute approximate surface area is 226 Å². The van der Waals surface area contributed by atoms with E-state index in [-0.39, 0.29) is 50.2 Å². The van der Waals surface area contributed by atoms with Crippen LogP contribution in [0.25, 0.3) is 0 Å². The average Bonchev–Trinajstić information content (AvgIpc) is 2.93. The molecule has 0 aromatic heterocycles. The molecule has 3 saturated carbocycles. The van der Waals surface area contributed by atoms with Crippen LogP contribution in [0.2, 0.25) is 0 Å². The van der Waals surface area contributed by atoms with Crippen molar-refractivity contribution in [3.05, 3.63) is 25.3 Å². The van der Waals surface area contributed by atoms with Gasteiger partial charge in [0.2, 0.25) is 0 Å². The van der Waals surface area contributed by atoms with Crippen LogP contribution in [0, 0.1) is 23.7 Å². The molecule has 0 aliphatic heterocycles. The Balaban J connectivity index is 1.28. The maximum absolute atomic E-state index is 12.2. The van der Waals surface area contributed by atoms with Gasteiger partial charge in [0.1, 0.15) is 12.2 Å². The van der Waals surface area contributed by atoms with E-state index in [1.807, 2.05) is 0 Å². The molecular weight excluding hydrogens is 488 g/mol. The second-order valence-corrected chi connectivity index (χ2v) is 11.0. The van der Waals surface area contributed by atoms with Crippen molar-refractivity contribution in [3.8, 4) is 0 Å². The molecule has 0 amide bonds. The molecule has 0 radical (unpaired) electrons. The SMILES string of the molecule is C=CC(=O)OCCCC(=O)OC1CCC(C2CCC3CC(OC(=O)CCCOC(=O)C=C)CCC3C2)CC1. The van der Waals surface area contributed by atoms with Gasteiger partial charge in [-0.25, -0.2) is 9.59 Å². The van der Waals surface area contributed by atoms with Gasteiger partial charge in [0.05, 0.1) is 13.2 Å². The molecule has 212 valence electrons. The highest BCUT2D eigenvalue weighted by atomic mass is 16.6. The van der Waals surface area contributed by atoms with Gasteiger partial charge in [-0.3, -0.25) is 9.59 Å². The fourth-order valence-corrected chi connectivity index (χ4v) is 6.48. The fraction of sp³-hybridized carbons (Fsp3) is 0.733. The van der Waals surface area contributed by atoms with Gasteiger partial charge < -0.3 is 18.9 Å². The molecule has 0 aromatic rings. The number of rotatable bonds is 13. The van der Waals surface area contributed by atoms with Crippen molar-refractivity contribution < 1.29 is 38.1 Å². The summed E-state index contributed by atoms with van der Waals surface area (Å²) in [7, 11) is 0. The number of ether oxygens (including phenoxy) is 4. The number of hydrogen-bond donors (Lipinski definition) is 0. The normalized spacial score (nSPS) is 28.7. The largest absolute Gasteiger partial charge is 0.463 e. The fourth-order valence-electron chi connectivity index (χ4n) is 6.48. The van der Waals surface area contributed by atoms with Crippen molar-refractivity contribution >= 4 is 23.9 Å². The molecule has 38 heavy (non-hydrogen) atoms. The van der Waals surface area contributed by atoms with E-state index in [0.717, 1.165) is 63.0 Å². The van der Waals surface area contributed by atoms with E-state index in [4.69, 9.17) is 18.9 Å². The molecule has 3 rings (SSSR count). The number of hydrogen-bond acceptors (Lipinski definition) is 8. The summed E-state index contributed by atoms with van der Waals surface area (Å²) in [6, 6.07) is 0. The second kappa shape index (κ2) is 15.7. The Morgan fingerprint density at radius 2 is 1.00 bits per heavy atom. The first kappa shape index (κ1) is 29.9. The Morgan fingerprint density at radius 3 is 1.55 bits per heavy atom. The van der Waals surface area contributed by atoms with Crippen LogP contribution in [0.5, 0.6) is 0 Å². The summed E-state index contributed by atoms with van der Waals surface area (Å²) < 4.78 is 21.2. The van der Waals surface area contributed by atoms with Crippen LogP contribution in [-0.2, 0) is 38.1 Å². The smallest absolute Gasteiger partial charge is 0.330 e. The Bertz CT molecular complexity index is 825. The van der Waals surface area contributed by atoms with E-state index in [1.165, 1.54) is 19.3 Å².